The van der Waals surface area contributed by atoms with Crippen LogP contribution in [0, 0.1) is 0 Å². The Kier molecular flexibility index (Phi) is 3.93. The van der Waals surface area contributed by atoms with Crippen molar-refractivity contribution >= 4 is 28.5 Å². The Labute approximate surface area is 139 Å². The molecule has 3 aromatic rings. The molecule has 120 valence electrons. The largest absolute Gasteiger partial charge is 0.374 e. The molecule has 4 rings (SSSR count). The number of fused-ring (bicyclic) bond motifs is 1. The number of aromatic nitrogens is 4. The maximum absolute atomic E-state index is 6.38. The van der Waals surface area contributed by atoms with Crippen molar-refractivity contribution in [2.75, 3.05) is 24.6 Å². The van der Waals surface area contributed by atoms with E-state index in [0.29, 0.717) is 0 Å². The molecule has 3 aromatic heterocycles. The van der Waals surface area contributed by atoms with Gasteiger partial charge >= 0.3 is 0 Å². The van der Waals surface area contributed by atoms with Crippen molar-refractivity contribution in [1.82, 2.24) is 19.7 Å². The number of hydrogen-bond donors (Lipinski definition) is 1. The fraction of sp³-hybridized carbons (Fsp3) is 0.375. The number of nitrogens with one attached hydrogen (secondary N) is 1. The molecule has 0 amide bonds. The van der Waals surface area contributed by atoms with E-state index in [1.54, 1.807) is 6.20 Å². The Morgan fingerprint density at radius 3 is 3.26 bits per heavy atom. The van der Waals surface area contributed by atoms with E-state index in [4.69, 9.17) is 21.3 Å². The Balaban J connectivity index is 1.58. The number of anilines is 1. The number of hydrogen-bond acceptors (Lipinski definition) is 4. The maximum atomic E-state index is 6.38. The molecular weight excluding hydrogens is 314 g/mol. The number of rotatable bonds is 3. The van der Waals surface area contributed by atoms with Crippen LogP contribution in [-0.4, -0.2) is 45.5 Å². The lowest BCUT2D eigenvalue weighted by molar-refractivity contribution is 0.0543. The van der Waals surface area contributed by atoms with Gasteiger partial charge in [-0.2, -0.15) is 5.10 Å². The van der Waals surface area contributed by atoms with Crippen molar-refractivity contribution in [2.24, 2.45) is 0 Å². The maximum Gasteiger partial charge on any atom is 0.141 e. The number of ether oxygens (including phenoxy) is 1. The van der Waals surface area contributed by atoms with Gasteiger partial charge in [-0.1, -0.05) is 11.6 Å². The monoisotopic (exact) mass is 331 g/mol. The van der Waals surface area contributed by atoms with Gasteiger partial charge in [-0.25, -0.2) is 4.98 Å². The minimum atomic E-state index is 0.0808. The zero-order valence-corrected chi connectivity index (χ0v) is 13.4. The van der Waals surface area contributed by atoms with E-state index in [1.807, 2.05) is 35.3 Å². The highest BCUT2D eigenvalue weighted by atomic mass is 35.5. The molecule has 0 saturated carbocycles. The normalized spacial score (nSPS) is 19.2. The minimum absolute atomic E-state index is 0.0808. The van der Waals surface area contributed by atoms with Crippen molar-refractivity contribution < 1.29 is 4.74 Å². The Hall–Kier alpha value is -2.05. The van der Waals surface area contributed by atoms with Gasteiger partial charge in [0, 0.05) is 49.7 Å². The van der Waals surface area contributed by atoms with E-state index in [2.05, 4.69) is 15.0 Å². The van der Waals surface area contributed by atoms with E-state index >= 15 is 0 Å². The summed E-state index contributed by atoms with van der Waals surface area (Å²) in [5.74, 6) is 0.890. The van der Waals surface area contributed by atoms with Crippen LogP contribution >= 0.6 is 11.6 Å². The fourth-order valence-electron chi connectivity index (χ4n) is 2.98. The van der Waals surface area contributed by atoms with Crippen LogP contribution < -0.4 is 4.90 Å². The molecule has 1 N–H and O–H groups in total. The molecule has 23 heavy (non-hydrogen) atoms. The number of halogens is 1. The van der Waals surface area contributed by atoms with Gasteiger partial charge in [0.05, 0.1) is 17.7 Å². The van der Waals surface area contributed by atoms with Crippen molar-refractivity contribution in [3.05, 3.63) is 41.8 Å². The lowest BCUT2D eigenvalue weighted by Crippen LogP contribution is -2.35. The third-order valence-corrected chi connectivity index (χ3v) is 4.40. The van der Waals surface area contributed by atoms with Gasteiger partial charge in [-0.15, -0.1) is 0 Å². The highest BCUT2D eigenvalue weighted by Gasteiger charge is 2.21. The zero-order chi connectivity index (χ0) is 15.6. The standard InChI is InChI=1S/C16H18ClN5O/c17-14-9-15(20-16-13(14)3-5-18-16)21-6-2-8-23-12(10-21)11-22-7-1-4-19-22/h1,3-5,7,9,12H,2,6,8,10-11H2,(H,18,20). The molecule has 6 nitrogen and oxygen atoms in total. The van der Waals surface area contributed by atoms with Crippen LogP contribution in [0.3, 0.4) is 0 Å². The van der Waals surface area contributed by atoms with Gasteiger partial charge in [0.25, 0.3) is 0 Å². The lowest BCUT2D eigenvalue weighted by atomic mass is 10.3. The average molecular weight is 332 g/mol. The molecule has 1 saturated heterocycles. The van der Waals surface area contributed by atoms with E-state index in [9.17, 15) is 0 Å². The van der Waals surface area contributed by atoms with Gasteiger partial charge in [-0.3, -0.25) is 4.68 Å². The van der Waals surface area contributed by atoms with E-state index in [-0.39, 0.29) is 6.10 Å². The van der Waals surface area contributed by atoms with Crippen LogP contribution in [0.4, 0.5) is 5.82 Å². The summed E-state index contributed by atoms with van der Waals surface area (Å²) < 4.78 is 7.87. The summed E-state index contributed by atoms with van der Waals surface area (Å²) in [6.45, 7) is 3.17. The molecule has 0 radical (unpaired) electrons. The zero-order valence-electron chi connectivity index (χ0n) is 12.7. The van der Waals surface area contributed by atoms with Crippen LogP contribution in [0.25, 0.3) is 11.0 Å². The second kappa shape index (κ2) is 6.22. The van der Waals surface area contributed by atoms with Gasteiger partial charge in [-0.05, 0) is 18.6 Å². The second-order valence-corrected chi connectivity index (χ2v) is 6.13. The molecule has 0 aliphatic carbocycles. The molecule has 1 aliphatic rings. The summed E-state index contributed by atoms with van der Waals surface area (Å²) in [6, 6.07) is 5.81. The topological polar surface area (TPSA) is 59.0 Å². The summed E-state index contributed by atoms with van der Waals surface area (Å²) in [5.41, 5.74) is 0.821. The molecule has 0 spiro atoms. The third kappa shape index (κ3) is 3.04. The lowest BCUT2D eigenvalue weighted by Gasteiger charge is -2.25. The molecule has 1 unspecified atom stereocenters. The predicted octanol–water partition coefficient (Wildman–Crippen LogP) is 2.71. The summed E-state index contributed by atoms with van der Waals surface area (Å²) in [4.78, 5) is 10.1. The third-order valence-electron chi connectivity index (χ3n) is 4.09. The number of aromatic amines is 1. The molecule has 7 heteroatoms. The number of pyridine rings is 1. The van der Waals surface area contributed by atoms with Crippen molar-refractivity contribution in [2.45, 2.75) is 19.1 Å². The first-order valence-corrected chi connectivity index (χ1v) is 8.15. The molecule has 1 aliphatic heterocycles. The molecule has 4 heterocycles. The Morgan fingerprint density at radius 1 is 1.43 bits per heavy atom. The van der Waals surface area contributed by atoms with Crippen LogP contribution in [-0.2, 0) is 11.3 Å². The predicted molar refractivity (Wildman–Crippen MR) is 89.9 cm³/mol. The van der Waals surface area contributed by atoms with Crippen molar-refractivity contribution in [3.8, 4) is 0 Å². The van der Waals surface area contributed by atoms with Crippen LogP contribution in [0.1, 0.15) is 6.42 Å². The summed E-state index contributed by atoms with van der Waals surface area (Å²) in [5, 5.41) is 5.94. The fourth-order valence-corrected chi connectivity index (χ4v) is 3.23. The van der Waals surface area contributed by atoms with E-state index < -0.39 is 0 Å². The summed E-state index contributed by atoms with van der Waals surface area (Å²) in [6.07, 6.45) is 6.65. The van der Waals surface area contributed by atoms with Gasteiger partial charge in [0.1, 0.15) is 11.5 Å². The SMILES string of the molecule is Clc1cc(N2CCCOC(Cn3cccn3)C2)nc2[nH]ccc12. The van der Waals surface area contributed by atoms with Crippen LogP contribution in [0.2, 0.25) is 5.02 Å². The minimum Gasteiger partial charge on any atom is -0.374 e. The van der Waals surface area contributed by atoms with Gasteiger partial charge < -0.3 is 14.6 Å². The highest BCUT2D eigenvalue weighted by molar-refractivity contribution is 6.35. The van der Waals surface area contributed by atoms with Crippen molar-refractivity contribution in [3.63, 3.8) is 0 Å². The van der Waals surface area contributed by atoms with Crippen LogP contribution in [0.15, 0.2) is 36.8 Å². The summed E-state index contributed by atoms with van der Waals surface area (Å²) in [7, 11) is 0. The first-order chi connectivity index (χ1) is 11.3. The van der Waals surface area contributed by atoms with E-state index in [0.717, 1.165) is 54.5 Å². The first kappa shape index (κ1) is 14.5. The molecule has 0 bridgehead atoms. The molecule has 1 atom stereocenters. The highest BCUT2D eigenvalue weighted by Crippen LogP contribution is 2.27. The first-order valence-electron chi connectivity index (χ1n) is 7.77. The second-order valence-electron chi connectivity index (χ2n) is 5.72. The van der Waals surface area contributed by atoms with E-state index in [1.165, 1.54) is 0 Å². The van der Waals surface area contributed by atoms with Crippen molar-refractivity contribution in [1.29, 1.82) is 0 Å². The Bertz CT molecular complexity index is 785. The van der Waals surface area contributed by atoms with Gasteiger partial charge in [0.2, 0.25) is 0 Å². The van der Waals surface area contributed by atoms with Crippen LogP contribution in [0.5, 0.6) is 0 Å². The van der Waals surface area contributed by atoms with Gasteiger partial charge in [0.15, 0.2) is 0 Å². The quantitative estimate of drug-likeness (QED) is 0.801. The number of nitrogens with zero attached hydrogens (tertiary/aromatic N) is 4. The molecule has 0 aromatic carbocycles. The average Bonchev–Trinajstić information content (AvgIpc) is 3.16. The smallest absolute Gasteiger partial charge is 0.141 e. The molecular formula is C16H18ClN5O. The number of H-pyrrole nitrogens is 1. The Morgan fingerprint density at radius 2 is 2.39 bits per heavy atom. The molecule has 1 fully saturated rings. The summed E-state index contributed by atoms with van der Waals surface area (Å²) >= 11 is 6.38.